The van der Waals surface area contributed by atoms with E-state index in [1.165, 1.54) is 0 Å². The van der Waals surface area contributed by atoms with Crippen LogP contribution in [0.15, 0.2) is 41.5 Å². The Morgan fingerprint density at radius 3 is 2.73 bits per heavy atom. The number of rotatable bonds is 2. The maximum atomic E-state index is 10.8. The Bertz CT molecular complexity index is 419. The summed E-state index contributed by atoms with van der Waals surface area (Å²) >= 11 is 0. The zero-order valence-electron chi connectivity index (χ0n) is 8.34. The lowest BCUT2D eigenvalue weighted by Crippen LogP contribution is -2.13. The van der Waals surface area contributed by atoms with Gasteiger partial charge < -0.3 is 5.11 Å². The molecule has 1 heterocycles. The zero-order chi connectivity index (χ0) is 10.5. The molecule has 0 spiro atoms. The topological polar surface area (TPSA) is 38.4 Å². The molecule has 0 aliphatic carbocycles. The Hall–Kier alpha value is -1.90. The molecule has 0 unspecified atom stereocenters. The van der Waals surface area contributed by atoms with Crippen molar-refractivity contribution < 1.29 is 9.79 Å². The molecule has 0 saturated carbocycles. The number of nitrogens with zero attached hydrogens (tertiary/aromatic N) is 2. The SMILES string of the molecule is [O-]C1=N/[N+](=C\C=C\c2ccccc2)CC1. The highest BCUT2D eigenvalue weighted by Gasteiger charge is 2.08. The summed E-state index contributed by atoms with van der Waals surface area (Å²) in [6.07, 6.45) is 6.23. The minimum Gasteiger partial charge on any atom is -0.857 e. The van der Waals surface area contributed by atoms with Crippen LogP contribution in [0.2, 0.25) is 0 Å². The van der Waals surface area contributed by atoms with Crippen molar-refractivity contribution in [1.29, 1.82) is 0 Å². The van der Waals surface area contributed by atoms with E-state index in [4.69, 9.17) is 0 Å². The fourth-order valence-electron chi connectivity index (χ4n) is 1.38. The fourth-order valence-corrected chi connectivity index (χ4v) is 1.38. The summed E-state index contributed by atoms with van der Waals surface area (Å²) in [5.74, 6) is -0.0423. The maximum Gasteiger partial charge on any atom is 0.196 e. The summed E-state index contributed by atoms with van der Waals surface area (Å²) in [7, 11) is 0. The molecule has 0 saturated heterocycles. The van der Waals surface area contributed by atoms with Crippen LogP contribution >= 0.6 is 0 Å². The number of allylic oxidation sites excluding steroid dienone is 1. The van der Waals surface area contributed by atoms with E-state index in [0.717, 1.165) is 5.56 Å². The van der Waals surface area contributed by atoms with Crippen molar-refractivity contribution in [2.45, 2.75) is 6.42 Å². The van der Waals surface area contributed by atoms with Gasteiger partial charge in [0, 0.05) is 18.4 Å². The van der Waals surface area contributed by atoms with Gasteiger partial charge in [-0.15, -0.1) is 0 Å². The van der Waals surface area contributed by atoms with Gasteiger partial charge in [0.2, 0.25) is 0 Å². The molecule has 3 nitrogen and oxygen atoms in total. The molecule has 1 aliphatic heterocycles. The first-order valence-corrected chi connectivity index (χ1v) is 4.92. The van der Waals surface area contributed by atoms with E-state index in [-0.39, 0.29) is 5.90 Å². The van der Waals surface area contributed by atoms with Crippen LogP contribution in [0, 0.1) is 0 Å². The Morgan fingerprint density at radius 2 is 2.07 bits per heavy atom. The fraction of sp³-hybridized carbons (Fsp3) is 0.167. The molecule has 0 amide bonds. The molecule has 76 valence electrons. The highest BCUT2D eigenvalue weighted by Crippen LogP contribution is 2.00. The van der Waals surface area contributed by atoms with Crippen molar-refractivity contribution in [2.24, 2.45) is 5.10 Å². The van der Waals surface area contributed by atoms with Crippen LogP contribution in [-0.2, 0) is 0 Å². The van der Waals surface area contributed by atoms with E-state index >= 15 is 0 Å². The molecule has 1 aromatic carbocycles. The van der Waals surface area contributed by atoms with Crippen molar-refractivity contribution in [2.75, 3.05) is 6.54 Å². The van der Waals surface area contributed by atoms with Crippen LogP contribution in [0.5, 0.6) is 0 Å². The van der Waals surface area contributed by atoms with Gasteiger partial charge in [-0.2, -0.15) is 0 Å². The third-order valence-electron chi connectivity index (χ3n) is 2.14. The first kappa shape index (κ1) is 9.65. The van der Waals surface area contributed by atoms with Crippen molar-refractivity contribution in [3.8, 4) is 0 Å². The third-order valence-corrected chi connectivity index (χ3v) is 2.14. The van der Waals surface area contributed by atoms with Gasteiger partial charge in [-0.3, -0.25) is 0 Å². The van der Waals surface area contributed by atoms with Gasteiger partial charge in [-0.1, -0.05) is 35.0 Å². The monoisotopic (exact) mass is 200 g/mol. The highest BCUT2D eigenvalue weighted by atomic mass is 16.3. The second-order valence-electron chi connectivity index (χ2n) is 3.33. The summed E-state index contributed by atoms with van der Waals surface area (Å²) in [5.41, 5.74) is 1.14. The molecule has 1 aromatic rings. The standard InChI is InChI=1S/C12H12N2O/c15-12-8-10-14(13-12)9-4-7-11-5-2-1-3-6-11/h1-7,9H,8,10H2/b7-4+,14-9-. The third kappa shape index (κ3) is 2.77. The number of hydrogen-bond acceptors (Lipinski definition) is 2. The minimum atomic E-state index is -0.0423. The number of hydrogen-bond donors (Lipinski definition) is 0. The van der Waals surface area contributed by atoms with Gasteiger partial charge in [-0.25, -0.2) is 0 Å². The predicted molar refractivity (Wildman–Crippen MR) is 58.7 cm³/mol. The summed E-state index contributed by atoms with van der Waals surface area (Å²) in [5, 5.41) is 14.6. The molecular weight excluding hydrogens is 188 g/mol. The molecular formula is C12H12N2O. The highest BCUT2D eigenvalue weighted by molar-refractivity contribution is 5.76. The predicted octanol–water partition coefficient (Wildman–Crippen LogP) is 0.861. The van der Waals surface area contributed by atoms with E-state index in [2.05, 4.69) is 5.10 Å². The minimum absolute atomic E-state index is 0.0423. The van der Waals surface area contributed by atoms with Gasteiger partial charge in [0.25, 0.3) is 0 Å². The van der Waals surface area contributed by atoms with Crippen molar-refractivity contribution in [3.05, 3.63) is 42.0 Å². The summed E-state index contributed by atoms with van der Waals surface area (Å²) in [4.78, 5) is 0. The molecule has 0 radical (unpaired) electrons. The van der Waals surface area contributed by atoms with Gasteiger partial charge in [0.1, 0.15) is 0 Å². The molecule has 2 rings (SSSR count). The lowest BCUT2D eigenvalue weighted by atomic mass is 10.2. The van der Waals surface area contributed by atoms with Crippen molar-refractivity contribution in [1.82, 2.24) is 0 Å². The second kappa shape index (κ2) is 4.55. The van der Waals surface area contributed by atoms with E-state index in [1.807, 2.05) is 48.7 Å². The van der Waals surface area contributed by atoms with E-state index in [1.54, 1.807) is 4.68 Å². The molecule has 0 aromatic heterocycles. The Kier molecular flexibility index (Phi) is 2.93. The second-order valence-corrected chi connectivity index (χ2v) is 3.33. The van der Waals surface area contributed by atoms with Crippen molar-refractivity contribution >= 4 is 18.2 Å². The molecule has 0 fully saturated rings. The molecule has 0 atom stereocenters. The van der Waals surface area contributed by atoms with Gasteiger partial charge in [-0.05, 0) is 16.7 Å². The molecule has 1 aliphatic rings. The van der Waals surface area contributed by atoms with Crippen LogP contribution < -0.4 is 5.11 Å². The smallest absolute Gasteiger partial charge is 0.196 e. The van der Waals surface area contributed by atoms with Crippen LogP contribution in [0.1, 0.15) is 12.0 Å². The summed E-state index contributed by atoms with van der Waals surface area (Å²) in [6.45, 7) is 0.692. The largest absolute Gasteiger partial charge is 0.857 e. The Labute approximate surface area is 88.7 Å². The summed E-state index contributed by atoms with van der Waals surface area (Å²) < 4.78 is 1.67. The van der Waals surface area contributed by atoms with E-state index < -0.39 is 0 Å². The first-order chi connectivity index (χ1) is 7.34. The number of benzene rings is 1. The van der Waals surface area contributed by atoms with Gasteiger partial charge in [0.15, 0.2) is 12.8 Å². The van der Waals surface area contributed by atoms with Crippen LogP contribution in [0.3, 0.4) is 0 Å². The Balaban J connectivity index is 2.02. The van der Waals surface area contributed by atoms with Crippen molar-refractivity contribution in [3.63, 3.8) is 0 Å². The average molecular weight is 200 g/mol. The lowest BCUT2D eigenvalue weighted by Gasteiger charge is -1.89. The molecule has 15 heavy (non-hydrogen) atoms. The van der Waals surface area contributed by atoms with E-state index in [9.17, 15) is 5.11 Å². The van der Waals surface area contributed by atoms with Crippen LogP contribution in [0.4, 0.5) is 0 Å². The first-order valence-electron chi connectivity index (χ1n) is 4.92. The molecule has 3 heteroatoms. The normalized spacial score (nSPS) is 18.7. The van der Waals surface area contributed by atoms with E-state index in [0.29, 0.717) is 13.0 Å². The lowest BCUT2D eigenvalue weighted by molar-refractivity contribution is -0.519. The Morgan fingerprint density at radius 1 is 1.27 bits per heavy atom. The van der Waals surface area contributed by atoms with Crippen LogP contribution in [-0.4, -0.2) is 23.3 Å². The maximum absolute atomic E-state index is 10.8. The average Bonchev–Trinajstić information content (AvgIpc) is 2.66. The van der Waals surface area contributed by atoms with Crippen LogP contribution in [0.25, 0.3) is 6.08 Å². The molecule has 0 bridgehead atoms. The quantitative estimate of drug-likeness (QED) is 0.652. The zero-order valence-corrected chi connectivity index (χ0v) is 8.34. The molecule has 0 N–H and O–H groups in total. The summed E-state index contributed by atoms with van der Waals surface area (Å²) in [6, 6.07) is 10.0. The number of hydrazone groups is 1. The van der Waals surface area contributed by atoms with Gasteiger partial charge in [0.05, 0.1) is 0 Å². The van der Waals surface area contributed by atoms with Gasteiger partial charge >= 0.3 is 0 Å².